The van der Waals surface area contributed by atoms with E-state index in [-0.39, 0.29) is 5.28 Å². The molecule has 2 aromatic rings. The van der Waals surface area contributed by atoms with Crippen LogP contribution in [0.4, 0.5) is 10.9 Å². The van der Waals surface area contributed by atoms with Crippen LogP contribution in [0, 0.1) is 0 Å². The lowest BCUT2D eigenvalue weighted by atomic mass is 10.6. The predicted octanol–water partition coefficient (Wildman–Crippen LogP) is 2.91. The van der Waals surface area contributed by atoms with Crippen LogP contribution in [0.2, 0.25) is 10.3 Å². The molecule has 9 heteroatoms. The average Bonchev–Trinajstić information content (AvgIpc) is 2.70. The first kappa shape index (κ1) is 13.0. The number of ether oxygens (including phenoxy) is 1. The van der Waals surface area contributed by atoms with Gasteiger partial charge < -0.3 is 10.1 Å². The molecule has 1 N–H and O–H groups in total. The fraction of sp³-hybridized carbons (Fsp3) is 0.111. The van der Waals surface area contributed by atoms with Crippen LogP contribution in [0.1, 0.15) is 6.92 Å². The summed E-state index contributed by atoms with van der Waals surface area (Å²) in [5.41, 5.74) is 0. The lowest BCUT2D eigenvalue weighted by molar-refractivity contribution is -0.131. The average molecular weight is 305 g/mol. The second-order valence-corrected chi connectivity index (χ2v) is 4.78. The minimum absolute atomic E-state index is 0.0682. The quantitative estimate of drug-likeness (QED) is 0.694. The zero-order valence-electron chi connectivity index (χ0n) is 8.98. The molecule has 0 saturated carbocycles. The summed E-state index contributed by atoms with van der Waals surface area (Å²) < 4.78 is 4.87. The zero-order valence-corrected chi connectivity index (χ0v) is 11.3. The van der Waals surface area contributed by atoms with Crippen LogP contribution >= 0.6 is 34.5 Å². The number of anilines is 2. The van der Waals surface area contributed by atoms with E-state index in [9.17, 15) is 4.79 Å². The SMILES string of the molecule is CC(=O)Oc1cnc(Nc2nc(Cl)ncc2Cl)s1. The number of nitrogens with zero attached hydrogens (tertiary/aromatic N) is 3. The Balaban J connectivity index is 2.16. The van der Waals surface area contributed by atoms with Gasteiger partial charge in [-0.05, 0) is 11.6 Å². The van der Waals surface area contributed by atoms with Crippen molar-refractivity contribution in [3.63, 3.8) is 0 Å². The topological polar surface area (TPSA) is 77.0 Å². The number of carbonyl (C=O) groups excluding carboxylic acids is 1. The number of carbonyl (C=O) groups is 1. The molecule has 0 aliphatic rings. The van der Waals surface area contributed by atoms with Gasteiger partial charge in [0.15, 0.2) is 10.9 Å². The molecular formula is C9H6Cl2N4O2S. The van der Waals surface area contributed by atoms with E-state index in [1.54, 1.807) is 0 Å². The van der Waals surface area contributed by atoms with Crippen molar-refractivity contribution in [3.05, 3.63) is 22.7 Å². The van der Waals surface area contributed by atoms with Gasteiger partial charge in [0.25, 0.3) is 0 Å². The van der Waals surface area contributed by atoms with Crippen LogP contribution in [0.5, 0.6) is 5.06 Å². The van der Waals surface area contributed by atoms with Crippen LogP contribution in [-0.2, 0) is 4.79 Å². The molecule has 0 unspecified atom stereocenters. The lowest BCUT2D eigenvalue weighted by Gasteiger charge is -2.03. The highest BCUT2D eigenvalue weighted by atomic mass is 35.5. The van der Waals surface area contributed by atoms with Gasteiger partial charge in [-0.1, -0.05) is 22.9 Å². The van der Waals surface area contributed by atoms with Gasteiger partial charge in [0.05, 0.1) is 12.4 Å². The number of nitrogens with one attached hydrogen (secondary N) is 1. The molecule has 18 heavy (non-hydrogen) atoms. The molecule has 0 aliphatic carbocycles. The number of thiazole rings is 1. The molecule has 0 bridgehead atoms. The summed E-state index contributed by atoms with van der Waals surface area (Å²) >= 11 is 12.7. The monoisotopic (exact) mass is 304 g/mol. The Morgan fingerprint density at radius 1 is 1.39 bits per heavy atom. The second-order valence-electron chi connectivity index (χ2n) is 3.04. The smallest absolute Gasteiger partial charge is 0.308 e. The van der Waals surface area contributed by atoms with Gasteiger partial charge in [0.2, 0.25) is 10.3 Å². The van der Waals surface area contributed by atoms with Crippen molar-refractivity contribution < 1.29 is 9.53 Å². The number of halogens is 2. The molecule has 0 radical (unpaired) electrons. The maximum Gasteiger partial charge on any atom is 0.308 e. The van der Waals surface area contributed by atoms with Gasteiger partial charge in [-0.15, -0.1) is 0 Å². The van der Waals surface area contributed by atoms with E-state index < -0.39 is 5.97 Å². The third-order valence-corrected chi connectivity index (χ3v) is 2.92. The molecule has 0 spiro atoms. The highest BCUT2D eigenvalue weighted by molar-refractivity contribution is 7.17. The van der Waals surface area contributed by atoms with Crippen molar-refractivity contribution >= 4 is 51.5 Å². The van der Waals surface area contributed by atoms with Crippen LogP contribution in [0.25, 0.3) is 0 Å². The van der Waals surface area contributed by atoms with Crippen molar-refractivity contribution in [2.45, 2.75) is 6.92 Å². The number of hydrogen-bond acceptors (Lipinski definition) is 7. The minimum Gasteiger partial charge on any atom is -0.414 e. The molecule has 0 aliphatic heterocycles. The third-order valence-electron chi connectivity index (χ3n) is 1.67. The van der Waals surface area contributed by atoms with Crippen molar-refractivity contribution in [2.75, 3.05) is 5.32 Å². The molecule has 0 aromatic carbocycles. The minimum atomic E-state index is -0.409. The summed E-state index contributed by atoms with van der Waals surface area (Å²) in [7, 11) is 0. The van der Waals surface area contributed by atoms with E-state index in [0.29, 0.717) is 21.0 Å². The second kappa shape index (κ2) is 5.47. The molecule has 0 atom stereocenters. The van der Waals surface area contributed by atoms with E-state index in [1.165, 1.54) is 19.3 Å². The molecule has 2 rings (SSSR count). The molecule has 94 valence electrons. The maximum atomic E-state index is 10.8. The van der Waals surface area contributed by atoms with Gasteiger partial charge >= 0.3 is 5.97 Å². The first-order valence-corrected chi connectivity index (χ1v) is 6.21. The molecule has 2 aromatic heterocycles. The molecule has 6 nitrogen and oxygen atoms in total. The van der Waals surface area contributed by atoms with Crippen molar-refractivity contribution in [1.29, 1.82) is 0 Å². The Labute approximate surface area is 116 Å². The van der Waals surface area contributed by atoms with Gasteiger partial charge in [-0.3, -0.25) is 4.79 Å². The lowest BCUT2D eigenvalue weighted by Crippen LogP contribution is -1.99. The standard InChI is InChI=1S/C9H6Cl2N4O2S/c1-4(16)17-6-3-13-9(18-6)15-7-5(10)2-12-8(11)14-7/h2-3H,1H3,(H,12,13,14,15). The van der Waals surface area contributed by atoms with Crippen molar-refractivity contribution in [2.24, 2.45) is 0 Å². The highest BCUT2D eigenvalue weighted by Gasteiger charge is 2.09. The highest BCUT2D eigenvalue weighted by Crippen LogP contribution is 2.30. The first-order chi connectivity index (χ1) is 8.54. The molecule has 0 saturated heterocycles. The predicted molar refractivity (Wildman–Crippen MR) is 68.8 cm³/mol. The Bertz CT molecular complexity index is 590. The van der Waals surface area contributed by atoms with Crippen LogP contribution in [-0.4, -0.2) is 20.9 Å². The largest absolute Gasteiger partial charge is 0.414 e. The fourth-order valence-electron chi connectivity index (χ4n) is 1.04. The number of rotatable bonds is 3. The molecule has 0 fully saturated rings. The number of esters is 1. The third kappa shape index (κ3) is 3.28. The summed E-state index contributed by atoms with van der Waals surface area (Å²) in [5.74, 6) is -0.0753. The summed E-state index contributed by atoms with van der Waals surface area (Å²) in [6.45, 7) is 1.31. The van der Waals surface area contributed by atoms with Crippen LogP contribution in [0.15, 0.2) is 12.4 Å². The number of aromatic nitrogens is 3. The van der Waals surface area contributed by atoms with Gasteiger partial charge in [0, 0.05) is 6.92 Å². The van der Waals surface area contributed by atoms with Crippen LogP contribution < -0.4 is 10.1 Å². The zero-order chi connectivity index (χ0) is 13.1. The Hall–Kier alpha value is -1.44. The molecule has 0 amide bonds. The summed E-state index contributed by atoms with van der Waals surface area (Å²) in [6, 6.07) is 0. The van der Waals surface area contributed by atoms with E-state index in [1.807, 2.05) is 0 Å². The normalized spacial score (nSPS) is 10.2. The fourth-order valence-corrected chi connectivity index (χ4v) is 2.02. The van der Waals surface area contributed by atoms with E-state index in [0.717, 1.165) is 11.3 Å². The van der Waals surface area contributed by atoms with Crippen molar-refractivity contribution in [1.82, 2.24) is 15.0 Å². The maximum absolute atomic E-state index is 10.8. The molecular weight excluding hydrogens is 299 g/mol. The Kier molecular flexibility index (Phi) is 3.95. The summed E-state index contributed by atoms with van der Waals surface area (Å²) in [6.07, 6.45) is 2.80. The van der Waals surface area contributed by atoms with Gasteiger partial charge in [-0.25, -0.2) is 9.97 Å². The van der Waals surface area contributed by atoms with E-state index >= 15 is 0 Å². The Morgan fingerprint density at radius 3 is 2.89 bits per heavy atom. The Morgan fingerprint density at radius 2 is 2.17 bits per heavy atom. The summed E-state index contributed by atoms with van der Waals surface area (Å²) in [4.78, 5) is 22.4. The first-order valence-electron chi connectivity index (χ1n) is 4.64. The van der Waals surface area contributed by atoms with Gasteiger partial charge in [0.1, 0.15) is 5.02 Å². The van der Waals surface area contributed by atoms with E-state index in [2.05, 4.69) is 20.3 Å². The number of hydrogen-bond donors (Lipinski definition) is 1. The van der Waals surface area contributed by atoms with E-state index in [4.69, 9.17) is 27.9 Å². The van der Waals surface area contributed by atoms with Crippen molar-refractivity contribution in [3.8, 4) is 5.06 Å². The summed E-state index contributed by atoms with van der Waals surface area (Å²) in [5, 5.41) is 4.08. The van der Waals surface area contributed by atoms with Crippen LogP contribution in [0.3, 0.4) is 0 Å². The molecule has 2 heterocycles. The van der Waals surface area contributed by atoms with Gasteiger partial charge in [-0.2, -0.15) is 4.98 Å².